The Balaban J connectivity index is 2.27. The Hall–Kier alpha value is -3.33. The highest BCUT2D eigenvalue weighted by Crippen LogP contribution is 2.25. The van der Waals surface area contributed by atoms with Gasteiger partial charge in [0.05, 0.1) is 12.8 Å². The number of ether oxygens (including phenoxy) is 1. The van der Waals surface area contributed by atoms with Crippen LogP contribution in [0.2, 0.25) is 0 Å². The van der Waals surface area contributed by atoms with E-state index in [1.165, 1.54) is 0 Å². The molecule has 0 fully saturated rings. The van der Waals surface area contributed by atoms with Crippen molar-refractivity contribution in [2.75, 3.05) is 12.5 Å². The van der Waals surface area contributed by atoms with Crippen LogP contribution in [0.3, 0.4) is 0 Å². The quantitative estimate of drug-likeness (QED) is 0.447. The number of nitriles is 1. The fourth-order valence-corrected chi connectivity index (χ4v) is 1.84. The molecule has 4 N–H and O–H groups in total. The summed E-state index contributed by atoms with van der Waals surface area (Å²) in [4.78, 5) is 0. The van der Waals surface area contributed by atoms with Gasteiger partial charge in [-0.05, 0) is 35.4 Å². The number of nitrogens with two attached hydrogens (primary N) is 1. The van der Waals surface area contributed by atoms with Crippen molar-refractivity contribution in [2.45, 2.75) is 0 Å². The zero-order valence-corrected chi connectivity index (χ0v) is 12.0. The molecule has 0 aromatic heterocycles. The van der Waals surface area contributed by atoms with Gasteiger partial charge in [-0.3, -0.25) is 10.8 Å². The van der Waals surface area contributed by atoms with Crippen molar-refractivity contribution in [3.63, 3.8) is 0 Å². The highest BCUT2D eigenvalue weighted by molar-refractivity contribution is 6.45. The molecule has 6 heteroatoms. The van der Waals surface area contributed by atoms with Crippen LogP contribution < -0.4 is 15.9 Å². The minimum atomic E-state index is -0.376. The van der Waals surface area contributed by atoms with E-state index in [1.54, 1.807) is 13.2 Å². The lowest BCUT2D eigenvalue weighted by atomic mass is 10.1. The minimum Gasteiger partial charge on any atom is -0.497 e. The van der Waals surface area contributed by atoms with Crippen LogP contribution in [0, 0.1) is 16.7 Å². The van der Waals surface area contributed by atoms with E-state index in [9.17, 15) is 0 Å². The molecule has 0 spiro atoms. The number of rotatable bonds is 5. The Labute approximate surface area is 128 Å². The van der Waals surface area contributed by atoms with Crippen molar-refractivity contribution < 1.29 is 4.74 Å². The molecule has 0 saturated carbocycles. The van der Waals surface area contributed by atoms with E-state index in [-0.39, 0.29) is 11.5 Å². The molecule has 110 valence electrons. The third-order valence-electron chi connectivity index (χ3n) is 2.92. The molecule has 0 amide bonds. The number of nitrogens with one attached hydrogen (secondary N) is 2. The van der Waals surface area contributed by atoms with Crippen LogP contribution in [0.5, 0.6) is 5.75 Å². The third-order valence-corrected chi connectivity index (χ3v) is 2.92. The first-order valence-corrected chi connectivity index (χ1v) is 6.46. The van der Waals surface area contributed by atoms with Crippen molar-refractivity contribution in [3.05, 3.63) is 48.5 Å². The summed E-state index contributed by atoms with van der Waals surface area (Å²) in [5.41, 5.74) is 10.5. The molecular weight excluding hydrogens is 278 g/mol. The van der Waals surface area contributed by atoms with Gasteiger partial charge in [-0.1, -0.05) is 24.3 Å². The van der Waals surface area contributed by atoms with Gasteiger partial charge in [0, 0.05) is 0 Å². The van der Waals surface area contributed by atoms with Gasteiger partial charge in [0.1, 0.15) is 11.8 Å². The largest absolute Gasteiger partial charge is 0.497 e. The number of amidine groups is 1. The van der Waals surface area contributed by atoms with Gasteiger partial charge >= 0.3 is 0 Å². The lowest BCUT2D eigenvalue weighted by Gasteiger charge is -2.07. The Kier molecular flexibility index (Phi) is 4.73. The number of nitrogens with zero attached hydrogens (tertiary/aromatic N) is 2. The van der Waals surface area contributed by atoms with E-state index >= 15 is 0 Å². The molecule has 2 aromatic carbocycles. The monoisotopic (exact) mass is 293 g/mol. The summed E-state index contributed by atoms with van der Waals surface area (Å²) in [6.07, 6.45) is 0. The van der Waals surface area contributed by atoms with Crippen LogP contribution in [0.1, 0.15) is 0 Å². The van der Waals surface area contributed by atoms with Crippen molar-refractivity contribution in [1.29, 1.82) is 10.7 Å². The number of hydrogen-bond acceptors (Lipinski definition) is 5. The van der Waals surface area contributed by atoms with Gasteiger partial charge in [-0.2, -0.15) is 10.4 Å². The number of hydrogen-bond donors (Lipinski definition) is 3. The maximum atomic E-state index is 8.81. The fraction of sp³-hybridized carbons (Fsp3) is 0.0625. The van der Waals surface area contributed by atoms with Crippen molar-refractivity contribution in [2.24, 2.45) is 10.8 Å². The van der Waals surface area contributed by atoms with Crippen LogP contribution in [0.15, 0.2) is 53.6 Å². The van der Waals surface area contributed by atoms with Crippen LogP contribution in [-0.4, -0.2) is 18.7 Å². The normalized spacial score (nSPS) is 10.6. The molecule has 2 rings (SSSR count). The first-order valence-electron chi connectivity index (χ1n) is 6.46. The van der Waals surface area contributed by atoms with E-state index in [2.05, 4.69) is 10.5 Å². The van der Waals surface area contributed by atoms with Gasteiger partial charge in [0.15, 0.2) is 5.84 Å². The predicted molar refractivity (Wildman–Crippen MR) is 87.0 cm³/mol. The van der Waals surface area contributed by atoms with Crippen LogP contribution in [-0.2, 0) is 0 Å². The molecule has 2 aromatic rings. The van der Waals surface area contributed by atoms with Crippen LogP contribution in [0.4, 0.5) is 5.69 Å². The highest BCUT2D eigenvalue weighted by atomic mass is 16.5. The smallest absolute Gasteiger partial charge is 0.201 e. The van der Waals surface area contributed by atoms with E-state index in [0.717, 1.165) is 16.9 Å². The first-order chi connectivity index (χ1) is 10.6. The number of hydrazone groups is 1. The molecule has 0 aliphatic rings. The summed E-state index contributed by atoms with van der Waals surface area (Å²) in [5.74, 6) is 0.399. The molecule has 0 aliphatic heterocycles. The molecule has 0 saturated heterocycles. The SMILES string of the molecule is COc1cccc(-c2cccc(N/N=C(\C#N)C(=N)N)c2)c1. The molecule has 6 nitrogen and oxygen atoms in total. The Bertz CT molecular complexity index is 761. The maximum Gasteiger partial charge on any atom is 0.201 e. The first kappa shape index (κ1) is 15.1. The van der Waals surface area contributed by atoms with Crippen molar-refractivity contribution in [1.82, 2.24) is 0 Å². The van der Waals surface area contributed by atoms with Gasteiger partial charge in [0.25, 0.3) is 0 Å². The van der Waals surface area contributed by atoms with Crippen molar-refractivity contribution >= 4 is 17.2 Å². The van der Waals surface area contributed by atoms with E-state index in [0.29, 0.717) is 5.69 Å². The molecule has 0 bridgehead atoms. The van der Waals surface area contributed by atoms with Gasteiger partial charge in [-0.15, -0.1) is 0 Å². The second-order valence-electron chi connectivity index (χ2n) is 4.41. The lowest BCUT2D eigenvalue weighted by Crippen LogP contribution is -2.21. The Morgan fingerprint density at radius 1 is 1.23 bits per heavy atom. The fourth-order valence-electron chi connectivity index (χ4n) is 1.84. The number of methoxy groups -OCH3 is 1. The average Bonchev–Trinajstić information content (AvgIpc) is 2.55. The third kappa shape index (κ3) is 3.61. The summed E-state index contributed by atoms with van der Waals surface area (Å²) < 4.78 is 5.22. The Morgan fingerprint density at radius 3 is 2.55 bits per heavy atom. The molecule has 0 atom stereocenters. The van der Waals surface area contributed by atoms with E-state index in [1.807, 2.05) is 48.5 Å². The zero-order chi connectivity index (χ0) is 15.9. The summed E-state index contributed by atoms with van der Waals surface area (Å²) in [6, 6.07) is 17.0. The highest BCUT2D eigenvalue weighted by Gasteiger charge is 2.03. The van der Waals surface area contributed by atoms with Gasteiger partial charge in [-0.25, -0.2) is 0 Å². The maximum absolute atomic E-state index is 8.81. The predicted octanol–water partition coefficient (Wildman–Crippen LogP) is 2.59. The van der Waals surface area contributed by atoms with Gasteiger partial charge < -0.3 is 10.5 Å². The lowest BCUT2D eigenvalue weighted by molar-refractivity contribution is 0.415. The molecule has 0 heterocycles. The summed E-state index contributed by atoms with van der Waals surface area (Å²) >= 11 is 0. The molecule has 0 unspecified atom stereocenters. The zero-order valence-electron chi connectivity index (χ0n) is 12.0. The topological polar surface area (TPSA) is 107 Å². The molecule has 0 aliphatic carbocycles. The molecule has 22 heavy (non-hydrogen) atoms. The van der Waals surface area contributed by atoms with E-state index in [4.69, 9.17) is 21.1 Å². The standard InChI is InChI=1S/C16H15N5O/c1-22-14-7-3-5-12(9-14)11-4-2-6-13(8-11)20-21-15(10-17)16(18)19/h2-9,20H,1H3,(H3,18,19)/b21-15+. The van der Waals surface area contributed by atoms with Crippen LogP contribution >= 0.6 is 0 Å². The summed E-state index contributed by atoms with van der Waals surface area (Å²) in [6.45, 7) is 0. The number of anilines is 1. The Morgan fingerprint density at radius 2 is 1.91 bits per heavy atom. The second-order valence-corrected chi connectivity index (χ2v) is 4.41. The van der Waals surface area contributed by atoms with E-state index < -0.39 is 0 Å². The van der Waals surface area contributed by atoms with Crippen molar-refractivity contribution in [3.8, 4) is 22.9 Å². The summed E-state index contributed by atoms with van der Waals surface area (Å²) in [7, 11) is 1.62. The molecule has 0 radical (unpaired) electrons. The second kappa shape index (κ2) is 6.90. The van der Waals surface area contributed by atoms with Crippen LogP contribution in [0.25, 0.3) is 11.1 Å². The number of benzene rings is 2. The molecular formula is C16H15N5O. The average molecular weight is 293 g/mol. The minimum absolute atomic E-state index is 0.160. The van der Waals surface area contributed by atoms with Gasteiger partial charge in [0.2, 0.25) is 5.71 Å². The summed E-state index contributed by atoms with van der Waals surface area (Å²) in [5, 5.41) is 19.8.